The quantitative estimate of drug-likeness (QED) is 0.618. The van der Waals surface area contributed by atoms with Gasteiger partial charge in [-0.3, -0.25) is 0 Å². The zero-order valence-electron chi connectivity index (χ0n) is 9.01. The Kier molecular flexibility index (Phi) is 7.41. The summed E-state index contributed by atoms with van der Waals surface area (Å²) in [6.07, 6.45) is 8.43. The summed E-state index contributed by atoms with van der Waals surface area (Å²) in [5.74, 6) is 0. The lowest BCUT2D eigenvalue weighted by Crippen LogP contribution is -2.31. The van der Waals surface area contributed by atoms with Gasteiger partial charge in [-0.15, -0.1) is 0 Å². The molecule has 1 unspecified atom stereocenters. The molecule has 2 heteroatoms. The van der Waals surface area contributed by atoms with E-state index in [1.807, 2.05) is 6.08 Å². The molecular weight excluding hydrogens is 160 g/mol. The molecule has 0 aromatic rings. The molecule has 3 N–H and O–H groups in total. The van der Waals surface area contributed by atoms with Gasteiger partial charge in [0.05, 0.1) is 0 Å². The standard InChI is InChI=1S/C11H22N2/c1-4-6-8-11(12)9-13-10(3)7-5-2/h6-8,11,13H,4-5,9,12H2,1-3H3/b8-6-,10-7+. The van der Waals surface area contributed by atoms with Crippen LogP contribution in [0.25, 0.3) is 0 Å². The van der Waals surface area contributed by atoms with Crippen LogP contribution in [0.5, 0.6) is 0 Å². The zero-order chi connectivity index (χ0) is 10.1. The minimum absolute atomic E-state index is 0.125. The Hall–Kier alpha value is -0.760. The Labute approximate surface area is 81.9 Å². The predicted molar refractivity (Wildman–Crippen MR) is 59.5 cm³/mol. The number of hydrogen-bond acceptors (Lipinski definition) is 2. The summed E-state index contributed by atoms with van der Waals surface area (Å²) in [5.41, 5.74) is 7.04. The maximum atomic E-state index is 5.83. The van der Waals surface area contributed by atoms with Crippen LogP contribution in [0.3, 0.4) is 0 Å². The first-order valence-electron chi connectivity index (χ1n) is 5.03. The molecule has 0 aromatic heterocycles. The van der Waals surface area contributed by atoms with Gasteiger partial charge in [0.2, 0.25) is 0 Å². The first kappa shape index (κ1) is 12.2. The Balaban J connectivity index is 3.63. The molecule has 0 saturated heterocycles. The van der Waals surface area contributed by atoms with E-state index >= 15 is 0 Å². The Morgan fingerprint density at radius 1 is 1.38 bits per heavy atom. The van der Waals surface area contributed by atoms with Gasteiger partial charge in [-0.2, -0.15) is 0 Å². The maximum Gasteiger partial charge on any atom is 0.0399 e. The van der Waals surface area contributed by atoms with E-state index in [0.717, 1.165) is 19.4 Å². The van der Waals surface area contributed by atoms with E-state index in [1.54, 1.807) is 0 Å². The smallest absolute Gasteiger partial charge is 0.0399 e. The summed E-state index contributed by atoms with van der Waals surface area (Å²) >= 11 is 0. The van der Waals surface area contributed by atoms with Crippen LogP contribution in [-0.4, -0.2) is 12.6 Å². The van der Waals surface area contributed by atoms with Crippen LogP contribution in [0.2, 0.25) is 0 Å². The van der Waals surface area contributed by atoms with Crippen molar-refractivity contribution in [2.24, 2.45) is 5.73 Å². The Morgan fingerprint density at radius 2 is 2.08 bits per heavy atom. The predicted octanol–water partition coefficient (Wildman–Crippen LogP) is 2.18. The van der Waals surface area contributed by atoms with Gasteiger partial charge >= 0.3 is 0 Å². The van der Waals surface area contributed by atoms with Gasteiger partial charge in [-0.1, -0.05) is 32.1 Å². The van der Waals surface area contributed by atoms with Crippen LogP contribution in [0.15, 0.2) is 23.9 Å². The average Bonchev–Trinajstić information content (AvgIpc) is 2.12. The summed E-state index contributed by atoms with van der Waals surface area (Å²) < 4.78 is 0. The molecule has 1 atom stereocenters. The highest BCUT2D eigenvalue weighted by Gasteiger charge is 1.95. The molecule has 0 aliphatic carbocycles. The fraction of sp³-hybridized carbons (Fsp3) is 0.636. The highest BCUT2D eigenvalue weighted by molar-refractivity contribution is 4.98. The number of rotatable bonds is 6. The fourth-order valence-corrected chi connectivity index (χ4v) is 1.04. The van der Waals surface area contributed by atoms with Crippen LogP contribution in [0, 0.1) is 0 Å². The van der Waals surface area contributed by atoms with Crippen molar-refractivity contribution in [3.63, 3.8) is 0 Å². The van der Waals surface area contributed by atoms with Crippen molar-refractivity contribution < 1.29 is 0 Å². The van der Waals surface area contributed by atoms with Crippen molar-refractivity contribution in [3.8, 4) is 0 Å². The van der Waals surface area contributed by atoms with E-state index in [-0.39, 0.29) is 6.04 Å². The van der Waals surface area contributed by atoms with Crippen molar-refractivity contribution >= 4 is 0 Å². The van der Waals surface area contributed by atoms with Crippen molar-refractivity contribution in [3.05, 3.63) is 23.9 Å². The van der Waals surface area contributed by atoms with Gasteiger partial charge in [-0.25, -0.2) is 0 Å². The monoisotopic (exact) mass is 182 g/mol. The highest BCUT2D eigenvalue weighted by atomic mass is 14.9. The third-order valence-corrected chi connectivity index (χ3v) is 1.75. The van der Waals surface area contributed by atoms with E-state index in [1.165, 1.54) is 5.70 Å². The fourth-order valence-electron chi connectivity index (χ4n) is 1.04. The van der Waals surface area contributed by atoms with Gasteiger partial charge in [0.1, 0.15) is 0 Å². The second-order valence-electron chi connectivity index (χ2n) is 3.18. The van der Waals surface area contributed by atoms with Crippen LogP contribution in [0.4, 0.5) is 0 Å². The lowest BCUT2D eigenvalue weighted by molar-refractivity contribution is 0.708. The summed E-state index contributed by atoms with van der Waals surface area (Å²) in [4.78, 5) is 0. The van der Waals surface area contributed by atoms with Crippen LogP contribution < -0.4 is 11.1 Å². The first-order chi connectivity index (χ1) is 6.20. The van der Waals surface area contributed by atoms with Crippen molar-refractivity contribution in [2.75, 3.05) is 6.54 Å². The van der Waals surface area contributed by atoms with Gasteiger partial charge in [-0.05, 0) is 19.8 Å². The summed E-state index contributed by atoms with van der Waals surface area (Å²) in [6, 6.07) is 0.125. The van der Waals surface area contributed by atoms with E-state index in [2.05, 4.69) is 38.2 Å². The van der Waals surface area contributed by atoms with Crippen LogP contribution in [-0.2, 0) is 0 Å². The van der Waals surface area contributed by atoms with Gasteiger partial charge < -0.3 is 11.1 Å². The second-order valence-corrected chi connectivity index (χ2v) is 3.18. The number of nitrogens with two attached hydrogens (primary N) is 1. The van der Waals surface area contributed by atoms with Gasteiger partial charge in [0.15, 0.2) is 0 Å². The highest BCUT2D eigenvalue weighted by Crippen LogP contribution is 1.91. The minimum Gasteiger partial charge on any atom is -0.387 e. The largest absolute Gasteiger partial charge is 0.387 e. The zero-order valence-corrected chi connectivity index (χ0v) is 9.01. The molecule has 0 bridgehead atoms. The SMILES string of the molecule is CC/C=C\C(N)CN/C(C)=C/CC. The molecule has 13 heavy (non-hydrogen) atoms. The van der Waals surface area contributed by atoms with Gasteiger partial charge in [0, 0.05) is 18.3 Å². The molecule has 0 aliphatic heterocycles. The molecule has 76 valence electrons. The lowest BCUT2D eigenvalue weighted by Gasteiger charge is -2.09. The minimum atomic E-state index is 0.125. The molecule has 0 heterocycles. The molecule has 0 rings (SSSR count). The number of nitrogens with one attached hydrogen (secondary N) is 1. The molecule has 0 spiro atoms. The summed E-state index contributed by atoms with van der Waals surface area (Å²) in [5, 5.41) is 3.28. The molecular formula is C11H22N2. The first-order valence-corrected chi connectivity index (χ1v) is 5.03. The molecule has 2 nitrogen and oxygen atoms in total. The third-order valence-electron chi connectivity index (χ3n) is 1.75. The topological polar surface area (TPSA) is 38.0 Å². The van der Waals surface area contributed by atoms with E-state index in [9.17, 15) is 0 Å². The van der Waals surface area contributed by atoms with Crippen LogP contribution in [0.1, 0.15) is 33.6 Å². The molecule has 0 amide bonds. The third kappa shape index (κ3) is 7.60. The van der Waals surface area contributed by atoms with Crippen molar-refractivity contribution in [1.82, 2.24) is 5.32 Å². The summed E-state index contributed by atoms with van der Waals surface area (Å²) in [7, 11) is 0. The van der Waals surface area contributed by atoms with Crippen LogP contribution >= 0.6 is 0 Å². The van der Waals surface area contributed by atoms with Crippen molar-refractivity contribution in [1.29, 1.82) is 0 Å². The van der Waals surface area contributed by atoms with Crippen molar-refractivity contribution in [2.45, 2.75) is 39.7 Å². The number of hydrogen-bond donors (Lipinski definition) is 2. The van der Waals surface area contributed by atoms with E-state index < -0.39 is 0 Å². The average molecular weight is 182 g/mol. The molecule has 0 fully saturated rings. The second kappa shape index (κ2) is 7.87. The lowest BCUT2D eigenvalue weighted by atomic mass is 10.2. The molecule has 0 saturated carbocycles. The molecule has 0 aromatic carbocycles. The number of allylic oxidation sites excluding steroid dienone is 3. The molecule has 0 radical (unpaired) electrons. The normalized spacial score (nSPS) is 14.9. The Morgan fingerprint density at radius 3 is 2.62 bits per heavy atom. The Bertz CT molecular complexity index is 171. The maximum absolute atomic E-state index is 5.83. The van der Waals surface area contributed by atoms with E-state index in [0.29, 0.717) is 0 Å². The van der Waals surface area contributed by atoms with Gasteiger partial charge in [0.25, 0.3) is 0 Å². The summed E-state index contributed by atoms with van der Waals surface area (Å²) in [6.45, 7) is 7.12. The van der Waals surface area contributed by atoms with E-state index in [4.69, 9.17) is 5.73 Å². The molecule has 0 aliphatic rings.